The molecular formula is C20H18N2O3S. The number of benzene rings is 3. The molecule has 1 aliphatic heterocycles. The van der Waals surface area contributed by atoms with Crippen molar-refractivity contribution in [2.24, 2.45) is 0 Å². The minimum absolute atomic E-state index is 0.113. The molecule has 1 amide bonds. The Kier molecular flexibility index (Phi) is 3.82. The summed E-state index contributed by atoms with van der Waals surface area (Å²) in [6.45, 7) is 0.283. The second kappa shape index (κ2) is 5.93. The van der Waals surface area contributed by atoms with Crippen molar-refractivity contribution in [3.8, 4) is 0 Å². The molecule has 0 saturated heterocycles. The highest BCUT2D eigenvalue weighted by molar-refractivity contribution is 7.89. The largest absolute Gasteiger partial charge is 0.311 e. The van der Waals surface area contributed by atoms with Gasteiger partial charge in [0.05, 0.1) is 10.6 Å². The summed E-state index contributed by atoms with van der Waals surface area (Å²) >= 11 is 0. The lowest BCUT2D eigenvalue weighted by atomic mass is 10.1. The van der Waals surface area contributed by atoms with Crippen molar-refractivity contribution in [3.05, 3.63) is 71.8 Å². The smallest absolute Gasteiger partial charge is 0.258 e. The molecule has 6 heteroatoms. The molecule has 0 saturated carbocycles. The van der Waals surface area contributed by atoms with E-state index in [9.17, 15) is 13.2 Å². The highest BCUT2D eigenvalue weighted by atomic mass is 32.2. The Morgan fingerprint density at radius 1 is 0.962 bits per heavy atom. The minimum atomic E-state index is -3.70. The van der Waals surface area contributed by atoms with E-state index >= 15 is 0 Å². The number of carbonyl (C=O) groups is 1. The fraction of sp³-hybridized carbons (Fsp3) is 0.150. The maximum atomic E-state index is 13.2. The van der Waals surface area contributed by atoms with Gasteiger partial charge in [-0.25, -0.2) is 8.42 Å². The molecule has 0 unspecified atom stereocenters. The summed E-state index contributed by atoms with van der Waals surface area (Å²) in [7, 11) is -0.427. The summed E-state index contributed by atoms with van der Waals surface area (Å²) in [4.78, 5) is 14.2. The maximum absolute atomic E-state index is 13.2. The number of hydrogen-bond donors (Lipinski definition) is 0. The summed E-state index contributed by atoms with van der Waals surface area (Å²) in [5, 5.41) is 1.28. The molecule has 0 bridgehead atoms. The van der Waals surface area contributed by atoms with Gasteiger partial charge >= 0.3 is 0 Å². The molecule has 0 N–H and O–H groups in total. The predicted molar refractivity (Wildman–Crippen MR) is 102 cm³/mol. The van der Waals surface area contributed by atoms with Crippen LogP contribution in [0.4, 0.5) is 5.69 Å². The second-order valence-corrected chi connectivity index (χ2v) is 8.44. The Balaban J connectivity index is 1.83. The fourth-order valence-electron chi connectivity index (χ4n) is 3.43. The molecule has 3 aromatic rings. The molecule has 0 radical (unpaired) electrons. The predicted octanol–water partition coefficient (Wildman–Crippen LogP) is 3.25. The van der Waals surface area contributed by atoms with Crippen molar-refractivity contribution in [3.63, 3.8) is 0 Å². The Bertz CT molecular complexity index is 1120. The van der Waals surface area contributed by atoms with Gasteiger partial charge in [0.15, 0.2) is 0 Å². The van der Waals surface area contributed by atoms with Crippen LogP contribution in [-0.2, 0) is 16.6 Å². The van der Waals surface area contributed by atoms with Crippen LogP contribution >= 0.6 is 0 Å². The fourth-order valence-corrected chi connectivity index (χ4v) is 4.77. The summed E-state index contributed by atoms with van der Waals surface area (Å²) in [6.07, 6.45) is 0. The third-order valence-corrected chi connectivity index (χ3v) is 6.67. The van der Waals surface area contributed by atoms with Crippen molar-refractivity contribution in [1.29, 1.82) is 0 Å². The van der Waals surface area contributed by atoms with E-state index in [-0.39, 0.29) is 17.3 Å². The van der Waals surface area contributed by atoms with Crippen LogP contribution in [0.2, 0.25) is 0 Å². The van der Waals surface area contributed by atoms with E-state index in [1.165, 1.54) is 4.31 Å². The number of carbonyl (C=O) groups excluding carboxylic acids is 1. The van der Waals surface area contributed by atoms with Crippen LogP contribution in [0.1, 0.15) is 15.9 Å². The Hall–Kier alpha value is -2.70. The zero-order valence-electron chi connectivity index (χ0n) is 14.5. The zero-order valence-corrected chi connectivity index (χ0v) is 15.3. The molecule has 1 aliphatic rings. The number of hydrogen-bond acceptors (Lipinski definition) is 3. The van der Waals surface area contributed by atoms with Crippen LogP contribution in [-0.4, -0.2) is 32.7 Å². The molecule has 0 aromatic heterocycles. The first-order valence-corrected chi connectivity index (χ1v) is 9.69. The maximum Gasteiger partial charge on any atom is 0.258 e. The molecule has 0 spiro atoms. The van der Waals surface area contributed by atoms with Crippen molar-refractivity contribution >= 4 is 32.4 Å². The summed E-state index contributed by atoms with van der Waals surface area (Å²) in [5.74, 6) is -0.113. The first kappa shape index (κ1) is 16.8. The highest BCUT2D eigenvalue weighted by Gasteiger charge is 2.31. The Morgan fingerprint density at radius 2 is 1.69 bits per heavy atom. The van der Waals surface area contributed by atoms with Gasteiger partial charge in [-0.3, -0.25) is 4.79 Å². The van der Waals surface area contributed by atoms with E-state index < -0.39 is 10.0 Å². The SMILES string of the molecule is CN1C(=O)c2cccc3c(S(=O)(=O)N(C)Cc4ccccc4)ccc1c23. The summed E-state index contributed by atoms with van der Waals surface area (Å²) in [6, 6.07) is 18.0. The van der Waals surface area contributed by atoms with E-state index in [0.717, 1.165) is 11.3 Å². The van der Waals surface area contributed by atoms with Gasteiger partial charge in [-0.15, -0.1) is 0 Å². The molecule has 0 atom stereocenters. The number of amides is 1. The van der Waals surface area contributed by atoms with Gasteiger partial charge in [0.2, 0.25) is 10.0 Å². The number of rotatable bonds is 4. The number of nitrogens with zero attached hydrogens (tertiary/aromatic N) is 2. The van der Waals surface area contributed by atoms with E-state index in [0.29, 0.717) is 16.3 Å². The van der Waals surface area contributed by atoms with Gasteiger partial charge in [-0.2, -0.15) is 4.31 Å². The Labute approximate surface area is 152 Å². The third kappa shape index (κ3) is 2.41. The van der Waals surface area contributed by atoms with Gasteiger partial charge in [-0.05, 0) is 23.8 Å². The van der Waals surface area contributed by atoms with Crippen LogP contribution in [0.3, 0.4) is 0 Å². The van der Waals surface area contributed by atoms with Crippen molar-refractivity contribution in [2.45, 2.75) is 11.4 Å². The number of anilines is 1. The first-order chi connectivity index (χ1) is 12.4. The molecule has 5 nitrogen and oxygen atoms in total. The first-order valence-electron chi connectivity index (χ1n) is 8.25. The Morgan fingerprint density at radius 3 is 2.42 bits per heavy atom. The quantitative estimate of drug-likeness (QED) is 0.712. The van der Waals surface area contributed by atoms with E-state index in [4.69, 9.17) is 0 Å². The normalized spacial score (nSPS) is 13.8. The average molecular weight is 366 g/mol. The lowest BCUT2D eigenvalue weighted by Gasteiger charge is -2.19. The molecule has 4 rings (SSSR count). The lowest BCUT2D eigenvalue weighted by Crippen LogP contribution is -2.26. The van der Waals surface area contributed by atoms with Crippen molar-refractivity contribution < 1.29 is 13.2 Å². The highest BCUT2D eigenvalue weighted by Crippen LogP contribution is 2.39. The lowest BCUT2D eigenvalue weighted by molar-refractivity contribution is 0.0999. The van der Waals surface area contributed by atoms with Gasteiger partial charge in [-0.1, -0.05) is 42.5 Å². The van der Waals surface area contributed by atoms with Crippen LogP contribution in [0, 0.1) is 0 Å². The van der Waals surface area contributed by atoms with Crippen LogP contribution < -0.4 is 4.90 Å². The second-order valence-electron chi connectivity index (χ2n) is 6.42. The molecule has 1 heterocycles. The molecule has 132 valence electrons. The monoisotopic (exact) mass is 366 g/mol. The van der Waals surface area contributed by atoms with E-state index in [2.05, 4.69) is 0 Å². The van der Waals surface area contributed by atoms with Gasteiger partial charge < -0.3 is 4.90 Å². The average Bonchev–Trinajstić information content (AvgIpc) is 2.89. The van der Waals surface area contributed by atoms with Crippen molar-refractivity contribution in [2.75, 3.05) is 19.0 Å². The van der Waals surface area contributed by atoms with Crippen LogP contribution in [0.25, 0.3) is 10.8 Å². The molecular weight excluding hydrogens is 348 g/mol. The van der Waals surface area contributed by atoms with Crippen LogP contribution in [0.15, 0.2) is 65.6 Å². The molecule has 3 aromatic carbocycles. The summed E-state index contributed by atoms with van der Waals surface area (Å²) in [5.41, 5.74) is 2.20. The standard InChI is InChI=1S/C20H18N2O3S/c1-21(13-14-7-4-3-5-8-14)26(24,25)18-12-11-17-19-15(18)9-6-10-16(19)20(23)22(17)2/h3-12H,13H2,1-2H3. The van der Waals surface area contributed by atoms with E-state index in [1.54, 1.807) is 49.3 Å². The van der Waals surface area contributed by atoms with Gasteiger partial charge in [0.1, 0.15) is 0 Å². The molecule has 0 fully saturated rings. The van der Waals surface area contributed by atoms with Crippen molar-refractivity contribution in [1.82, 2.24) is 4.31 Å². The van der Waals surface area contributed by atoms with Gasteiger partial charge in [0, 0.05) is 37.0 Å². The van der Waals surface area contributed by atoms with E-state index in [1.807, 2.05) is 30.3 Å². The third-order valence-electron chi connectivity index (χ3n) is 4.81. The van der Waals surface area contributed by atoms with Crippen LogP contribution in [0.5, 0.6) is 0 Å². The molecule has 0 aliphatic carbocycles. The summed E-state index contributed by atoms with van der Waals surface area (Å²) < 4.78 is 27.7. The molecule has 26 heavy (non-hydrogen) atoms. The minimum Gasteiger partial charge on any atom is -0.311 e. The number of sulfonamides is 1. The zero-order chi connectivity index (χ0) is 18.5. The van der Waals surface area contributed by atoms with Gasteiger partial charge in [0.25, 0.3) is 5.91 Å². The topological polar surface area (TPSA) is 57.7 Å².